The number of methoxy groups -OCH3 is 2. The zero-order valence-electron chi connectivity index (χ0n) is 21.7. The predicted octanol–water partition coefficient (Wildman–Crippen LogP) is 6.07. The minimum Gasteiger partial charge on any atom is -0.497 e. The van der Waals surface area contributed by atoms with Gasteiger partial charge in [-0.15, -0.1) is 0 Å². The normalized spacial score (nSPS) is 16.1. The molecule has 0 aliphatic carbocycles. The molecular formula is C29H28F3N5O2. The number of hydrogen-bond acceptors (Lipinski definition) is 6. The molecule has 0 radical (unpaired) electrons. The van der Waals surface area contributed by atoms with Gasteiger partial charge in [-0.05, 0) is 54.5 Å². The lowest BCUT2D eigenvalue weighted by Gasteiger charge is -2.24. The number of nitrogens with zero attached hydrogens (tertiary/aromatic N) is 3. The van der Waals surface area contributed by atoms with Gasteiger partial charge in [0.05, 0.1) is 31.6 Å². The molecule has 2 aromatic heterocycles. The number of halogens is 3. The molecule has 0 spiro atoms. The van der Waals surface area contributed by atoms with Crippen LogP contribution in [0.1, 0.15) is 30.4 Å². The summed E-state index contributed by atoms with van der Waals surface area (Å²) < 4.78 is 52.1. The van der Waals surface area contributed by atoms with E-state index in [0.717, 1.165) is 45.3 Å². The maximum absolute atomic E-state index is 13.3. The van der Waals surface area contributed by atoms with E-state index in [1.54, 1.807) is 37.4 Å². The van der Waals surface area contributed by atoms with Gasteiger partial charge in [-0.25, -0.2) is 4.68 Å². The summed E-state index contributed by atoms with van der Waals surface area (Å²) in [7, 11) is 3.24. The van der Waals surface area contributed by atoms with Crippen molar-refractivity contribution >= 4 is 10.9 Å². The van der Waals surface area contributed by atoms with E-state index >= 15 is 0 Å². The van der Waals surface area contributed by atoms with Crippen LogP contribution in [0.2, 0.25) is 0 Å². The van der Waals surface area contributed by atoms with Crippen LogP contribution in [0.4, 0.5) is 13.2 Å². The van der Waals surface area contributed by atoms with Gasteiger partial charge < -0.3 is 20.1 Å². The van der Waals surface area contributed by atoms with Crippen molar-refractivity contribution in [2.75, 3.05) is 14.2 Å². The van der Waals surface area contributed by atoms with Gasteiger partial charge in [0.2, 0.25) is 0 Å². The monoisotopic (exact) mass is 535 g/mol. The Morgan fingerprint density at radius 1 is 1.05 bits per heavy atom. The van der Waals surface area contributed by atoms with Crippen LogP contribution >= 0.6 is 0 Å². The fraction of sp³-hybridized carbons (Fsp3) is 0.241. The van der Waals surface area contributed by atoms with E-state index in [1.165, 1.54) is 6.08 Å². The van der Waals surface area contributed by atoms with Gasteiger partial charge in [-0.2, -0.15) is 18.3 Å². The predicted molar refractivity (Wildman–Crippen MR) is 143 cm³/mol. The SMILES string of the molecule is COc1ccc(CNC(C)c2cc(-c3ccc4cnn(C5C=CC=C(C(F)(F)F)N5)c4c3)ccn2)c(OC)c1. The number of hydrogen-bond donors (Lipinski definition) is 2. The zero-order valence-corrected chi connectivity index (χ0v) is 21.7. The second-order valence-electron chi connectivity index (χ2n) is 9.16. The average molecular weight is 536 g/mol. The Hall–Kier alpha value is -4.31. The highest BCUT2D eigenvalue weighted by Gasteiger charge is 2.36. The van der Waals surface area contributed by atoms with Crippen LogP contribution in [-0.4, -0.2) is 35.2 Å². The standard InChI is InChI=1S/C29H28F3N5O2/c1-18(34-16-22-9-10-23(38-2)15-26(22)39-3)24-13-20(11-12-33-24)19-7-8-21-17-35-37(25(21)14-19)28-6-4-5-27(36-28)29(30,31)32/h4-15,17-18,28,34,36H,16H2,1-3H3. The summed E-state index contributed by atoms with van der Waals surface area (Å²) in [4.78, 5) is 4.56. The summed E-state index contributed by atoms with van der Waals surface area (Å²) in [6.07, 6.45) is 2.24. The molecule has 10 heteroatoms. The minimum atomic E-state index is -4.46. The van der Waals surface area contributed by atoms with E-state index in [9.17, 15) is 13.2 Å². The lowest BCUT2D eigenvalue weighted by atomic mass is 10.0. The highest BCUT2D eigenvalue weighted by molar-refractivity contribution is 5.84. The summed E-state index contributed by atoms with van der Waals surface area (Å²) in [5, 5.41) is 11.2. The summed E-state index contributed by atoms with van der Waals surface area (Å²) in [6, 6.07) is 15.4. The van der Waals surface area contributed by atoms with E-state index in [0.29, 0.717) is 12.1 Å². The van der Waals surface area contributed by atoms with Crippen molar-refractivity contribution in [3.8, 4) is 22.6 Å². The number of nitrogens with one attached hydrogen (secondary N) is 2. The Kier molecular flexibility index (Phi) is 7.30. The van der Waals surface area contributed by atoms with Crippen molar-refractivity contribution in [2.24, 2.45) is 0 Å². The molecule has 0 saturated carbocycles. The van der Waals surface area contributed by atoms with Crippen molar-refractivity contribution in [3.63, 3.8) is 0 Å². The summed E-state index contributed by atoms with van der Waals surface area (Å²) in [5.41, 5.74) is 3.60. The second-order valence-corrected chi connectivity index (χ2v) is 9.16. The Balaban J connectivity index is 1.36. The Labute approximate surface area is 224 Å². The van der Waals surface area contributed by atoms with Crippen LogP contribution in [0.5, 0.6) is 11.5 Å². The van der Waals surface area contributed by atoms with Crippen molar-refractivity contribution < 1.29 is 22.6 Å². The number of aromatic nitrogens is 3. The van der Waals surface area contributed by atoms with E-state index in [1.807, 2.05) is 55.5 Å². The average Bonchev–Trinajstić information content (AvgIpc) is 3.39. The minimum absolute atomic E-state index is 0.0600. The molecule has 39 heavy (non-hydrogen) atoms. The maximum Gasteiger partial charge on any atom is 0.430 e. The molecule has 2 atom stereocenters. The van der Waals surface area contributed by atoms with E-state index in [2.05, 4.69) is 20.7 Å². The molecule has 2 N–H and O–H groups in total. The third-order valence-electron chi connectivity index (χ3n) is 6.68. The van der Waals surface area contributed by atoms with Crippen LogP contribution < -0.4 is 20.1 Å². The lowest BCUT2D eigenvalue weighted by molar-refractivity contribution is -0.0984. The number of allylic oxidation sites excluding steroid dienone is 3. The molecule has 0 bridgehead atoms. The number of benzene rings is 2. The molecule has 0 amide bonds. The zero-order chi connectivity index (χ0) is 27.6. The topological polar surface area (TPSA) is 73.2 Å². The molecule has 2 aromatic carbocycles. The third kappa shape index (κ3) is 5.61. The summed E-state index contributed by atoms with van der Waals surface area (Å²) >= 11 is 0. The highest BCUT2D eigenvalue weighted by Crippen LogP contribution is 2.31. The van der Waals surface area contributed by atoms with Gasteiger partial charge in [0.15, 0.2) is 0 Å². The smallest absolute Gasteiger partial charge is 0.430 e. The maximum atomic E-state index is 13.3. The molecule has 1 aliphatic heterocycles. The molecule has 4 aromatic rings. The fourth-order valence-corrected chi connectivity index (χ4v) is 4.50. The summed E-state index contributed by atoms with van der Waals surface area (Å²) in [5.74, 6) is 1.46. The van der Waals surface area contributed by atoms with Crippen LogP contribution in [0, 0.1) is 0 Å². The lowest BCUT2D eigenvalue weighted by Crippen LogP contribution is -2.33. The molecule has 7 nitrogen and oxygen atoms in total. The molecular weight excluding hydrogens is 507 g/mol. The molecule has 3 heterocycles. The largest absolute Gasteiger partial charge is 0.497 e. The van der Waals surface area contributed by atoms with E-state index in [-0.39, 0.29) is 6.04 Å². The number of fused-ring (bicyclic) bond motifs is 1. The molecule has 0 saturated heterocycles. The molecule has 5 rings (SSSR count). The number of pyridine rings is 1. The quantitative estimate of drug-likeness (QED) is 0.285. The highest BCUT2D eigenvalue weighted by atomic mass is 19.4. The van der Waals surface area contributed by atoms with Crippen molar-refractivity contribution in [3.05, 3.63) is 96.1 Å². The Morgan fingerprint density at radius 2 is 1.87 bits per heavy atom. The van der Waals surface area contributed by atoms with Gasteiger partial charge in [0.1, 0.15) is 23.4 Å². The number of alkyl halides is 3. The Morgan fingerprint density at radius 3 is 2.64 bits per heavy atom. The molecule has 0 fully saturated rings. The van der Waals surface area contributed by atoms with Crippen LogP contribution in [0.15, 0.2) is 84.8 Å². The Bertz CT molecular complexity index is 1540. The van der Waals surface area contributed by atoms with Crippen LogP contribution in [0.3, 0.4) is 0 Å². The first-order chi connectivity index (χ1) is 18.8. The second kappa shape index (κ2) is 10.8. The van der Waals surface area contributed by atoms with Gasteiger partial charge in [-0.3, -0.25) is 4.98 Å². The van der Waals surface area contributed by atoms with Crippen LogP contribution in [0.25, 0.3) is 22.0 Å². The first-order valence-electron chi connectivity index (χ1n) is 12.4. The molecule has 2 unspecified atom stereocenters. The van der Waals surface area contributed by atoms with E-state index < -0.39 is 18.0 Å². The van der Waals surface area contributed by atoms with Crippen LogP contribution in [-0.2, 0) is 6.54 Å². The number of ether oxygens (including phenoxy) is 2. The van der Waals surface area contributed by atoms with Gasteiger partial charge in [0.25, 0.3) is 0 Å². The van der Waals surface area contributed by atoms with E-state index in [4.69, 9.17) is 9.47 Å². The van der Waals surface area contributed by atoms with Gasteiger partial charge >= 0.3 is 6.18 Å². The molecule has 1 aliphatic rings. The van der Waals surface area contributed by atoms with Gasteiger partial charge in [0, 0.05) is 35.8 Å². The number of dihydropyridines is 1. The fourth-order valence-electron chi connectivity index (χ4n) is 4.50. The first kappa shape index (κ1) is 26.3. The molecule has 202 valence electrons. The first-order valence-corrected chi connectivity index (χ1v) is 12.4. The number of rotatable bonds is 8. The van der Waals surface area contributed by atoms with Crippen molar-refractivity contribution in [1.82, 2.24) is 25.4 Å². The third-order valence-corrected chi connectivity index (χ3v) is 6.68. The van der Waals surface area contributed by atoms with Crippen molar-refractivity contribution in [2.45, 2.75) is 31.9 Å². The van der Waals surface area contributed by atoms with Crippen molar-refractivity contribution in [1.29, 1.82) is 0 Å². The summed E-state index contributed by atoms with van der Waals surface area (Å²) in [6.45, 7) is 2.61. The van der Waals surface area contributed by atoms with Gasteiger partial charge in [-0.1, -0.05) is 24.3 Å².